The van der Waals surface area contributed by atoms with Crippen molar-refractivity contribution in [3.05, 3.63) is 59.2 Å². The fraction of sp³-hybridized carbons (Fsp3) is 0.278. The number of rotatable bonds is 6. The number of carbonyl (C=O) groups excluding carboxylic acids is 1. The quantitative estimate of drug-likeness (QED) is 0.765. The summed E-state index contributed by atoms with van der Waals surface area (Å²) in [6.07, 6.45) is 0.466. The first-order valence-corrected chi connectivity index (χ1v) is 7.45. The maximum absolute atomic E-state index is 11.5. The second-order valence-corrected chi connectivity index (χ2v) is 5.26. The topological polar surface area (TPSA) is 61.4 Å². The molecule has 0 heterocycles. The summed E-state index contributed by atoms with van der Waals surface area (Å²) in [4.78, 5) is 11.5. The fourth-order valence-corrected chi connectivity index (χ4v) is 2.10. The Morgan fingerprint density at radius 2 is 1.77 bits per heavy atom. The molecular weight excluding hydrogens is 276 g/mol. The molecule has 0 spiro atoms. The maximum atomic E-state index is 11.5. The van der Waals surface area contributed by atoms with Crippen molar-refractivity contribution in [3.63, 3.8) is 0 Å². The Hall–Kier alpha value is -2.33. The van der Waals surface area contributed by atoms with E-state index in [2.05, 4.69) is 10.6 Å². The molecule has 0 aliphatic heterocycles. The number of aliphatic hydroxyl groups excluding tert-OH is 1. The van der Waals surface area contributed by atoms with Crippen molar-refractivity contribution in [3.8, 4) is 0 Å². The lowest BCUT2D eigenvalue weighted by Crippen LogP contribution is -2.10. The fourth-order valence-electron chi connectivity index (χ4n) is 2.10. The van der Waals surface area contributed by atoms with Crippen molar-refractivity contribution in [1.29, 1.82) is 0 Å². The predicted octanol–water partition coefficient (Wildman–Crippen LogP) is 3.45. The van der Waals surface area contributed by atoms with Crippen molar-refractivity contribution < 1.29 is 9.90 Å². The highest BCUT2D eigenvalue weighted by atomic mass is 16.3. The van der Waals surface area contributed by atoms with Crippen molar-refractivity contribution in [1.82, 2.24) is 0 Å². The molecule has 2 aromatic rings. The zero-order valence-electron chi connectivity index (χ0n) is 13.0. The average Bonchev–Trinajstić information content (AvgIpc) is 2.55. The Balaban J connectivity index is 2.04. The second kappa shape index (κ2) is 7.61. The highest BCUT2D eigenvalue weighted by Gasteiger charge is 2.03. The van der Waals surface area contributed by atoms with Gasteiger partial charge in [-0.15, -0.1) is 0 Å². The lowest BCUT2D eigenvalue weighted by atomic mass is 10.1. The van der Waals surface area contributed by atoms with E-state index in [9.17, 15) is 4.79 Å². The van der Waals surface area contributed by atoms with E-state index in [1.165, 1.54) is 0 Å². The summed E-state index contributed by atoms with van der Waals surface area (Å²) < 4.78 is 0. The summed E-state index contributed by atoms with van der Waals surface area (Å²) >= 11 is 0. The van der Waals surface area contributed by atoms with Crippen LogP contribution >= 0.6 is 0 Å². The normalized spacial score (nSPS) is 10.3. The lowest BCUT2D eigenvalue weighted by Gasteiger charge is -2.12. The van der Waals surface area contributed by atoms with E-state index in [4.69, 9.17) is 5.11 Å². The third-order valence-corrected chi connectivity index (χ3v) is 3.53. The smallest absolute Gasteiger partial charge is 0.224 e. The largest absolute Gasteiger partial charge is 0.392 e. The molecule has 0 bridgehead atoms. The van der Waals surface area contributed by atoms with Crippen molar-refractivity contribution in [2.24, 2.45) is 0 Å². The van der Waals surface area contributed by atoms with Gasteiger partial charge in [-0.3, -0.25) is 4.79 Å². The molecule has 0 saturated carbocycles. The van der Waals surface area contributed by atoms with Gasteiger partial charge in [0, 0.05) is 24.3 Å². The third-order valence-electron chi connectivity index (χ3n) is 3.53. The highest BCUT2D eigenvalue weighted by molar-refractivity contribution is 5.91. The Bertz CT molecular complexity index is 636. The third kappa shape index (κ3) is 4.33. The summed E-state index contributed by atoms with van der Waals surface area (Å²) in [5.74, 6) is 0.00870. The highest BCUT2D eigenvalue weighted by Crippen LogP contribution is 2.21. The molecule has 0 atom stereocenters. The van der Waals surface area contributed by atoms with Gasteiger partial charge in [0.15, 0.2) is 0 Å². The summed E-state index contributed by atoms with van der Waals surface area (Å²) in [7, 11) is 0. The van der Waals surface area contributed by atoms with Gasteiger partial charge in [0.2, 0.25) is 5.91 Å². The Morgan fingerprint density at radius 3 is 2.41 bits per heavy atom. The Labute approximate surface area is 131 Å². The molecule has 2 aromatic carbocycles. The second-order valence-electron chi connectivity index (χ2n) is 5.26. The zero-order valence-corrected chi connectivity index (χ0v) is 13.0. The minimum absolute atomic E-state index is 0.00870. The maximum Gasteiger partial charge on any atom is 0.224 e. The molecule has 4 nitrogen and oxygen atoms in total. The van der Waals surface area contributed by atoms with Crippen LogP contribution in [-0.4, -0.2) is 11.0 Å². The first-order chi connectivity index (χ1) is 10.6. The van der Waals surface area contributed by atoms with Gasteiger partial charge in [0.05, 0.1) is 6.61 Å². The summed E-state index contributed by atoms with van der Waals surface area (Å²) in [5, 5.41) is 15.3. The van der Waals surface area contributed by atoms with Gasteiger partial charge < -0.3 is 15.7 Å². The number of anilines is 2. The number of aliphatic hydroxyl groups is 1. The Morgan fingerprint density at radius 1 is 1.09 bits per heavy atom. The van der Waals surface area contributed by atoms with E-state index < -0.39 is 0 Å². The van der Waals surface area contributed by atoms with Crippen molar-refractivity contribution in [2.45, 2.75) is 33.4 Å². The number of nitrogens with one attached hydrogen (secondary N) is 2. The van der Waals surface area contributed by atoms with Crippen LogP contribution in [-0.2, 0) is 17.9 Å². The number of amides is 1. The number of benzene rings is 2. The molecule has 0 radical (unpaired) electrons. The average molecular weight is 298 g/mol. The molecule has 0 aliphatic rings. The van der Waals surface area contributed by atoms with Gasteiger partial charge in [0.1, 0.15) is 0 Å². The van der Waals surface area contributed by atoms with Gasteiger partial charge in [-0.05, 0) is 35.7 Å². The van der Waals surface area contributed by atoms with Crippen LogP contribution in [0.5, 0.6) is 0 Å². The summed E-state index contributed by atoms with van der Waals surface area (Å²) in [5.41, 5.74) is 4.97. The molecule has 0 aromatic heterocycles. The minimum Gasteiger partial charge on any atom is -0.392 e. The standard InChI is InChI=1S/C18H22N2O2/c1-3-18(22)20-16-9-4-13(2)17(10-16)19-11-14-5-7-15(12-21)8-6-14/h4-10,19,21H,3,11-12H2,1-2H3,(H,20,22). The molecule has 2 rings (SSSR count). The lowest BCUT2D eigenvalue weighted by molar-refractivity contribution is -0.115. The van der Waals surface area contributed by atoms with Crippen LogP contribution in [0.25, 0.3) is 0 Å². The number of aryl methyl sites for hydroxylation is 1. The van der Waals surface area contributed by atoms with Crippen LogP contribution in [0.4, 0.5) is 11.4 Å². The van der Waals surface area contributed by atoms with Crippen LogP contribution in [0, 0.1) is 6.92 Å². The van der Waals surface area contributed by atoms with Gasteiger partial charge in [-0.25, -0.2) is 0 Å². The van der Waals surface area contributed by atoms with Crippen LogP contribution in [0.15, 0.2) is 42.5 Å². The van der Waals surface area contributed by atoms with Gasteiger partial charge in [-0.2, -0.15) is 0 Å². The molecule has 3 N–H and O–H groups in total. The molecule has 0 aliphatic carbocycles. The van der Waals surface area contributed by atoms with Crippen molar-refractivity contribution >= 4 is 17.3 Å². The molecule has 4 heteroatoms. The van der Waals surface area contributed by atoms with Crippen LogP contribution in [0.1, 0.15) is 30.0 Å². The first kappa shape index (κ1) is 16.0. The van der Waals surface area contributed by atoms with E-state index >= 15 is 0 Å². The van der Waals surface area contributed by atoms with E-state index in [0.29, 0.717) is 13.0 Å². The van der Waals surface area contributed by atoms with E-state index in [0.717, 1.165) is 28.1 Å². The molecule has 1 amide bonds. The number of hydrogen-bond donors (Lipinski definition) is 3. The number of hydrogen-bond acceptors (Lipinski definition) is 3. The molecular formula is C18H22N2O2. The Kier molecular flexibility index (Phi) is 5.55. The van der Waals surface area contributed by atoms with Gasteiger partial charge in [0.25, 0.3) is 0 Å². The summed E-state index contributed by atoms with van der Waals surface area (Å²) in [6.45, 7) is 4.62. The van der Waals surface area contributed by atoms with Crippen LogP contribution in [0.2, 0.25) is 0 Å². The molecule has 22 heavy (non-hydrogen) atoms. The predicted molar refractivity (Wildman–Crippen MR) is 89.8 cm³/mol. The van der Waals surface area contributed by atoms with E-state index in [1.807, 2.05) is 56.3 Å². The molecule has 0 fully saturated rings. The molecule has 0 saturated heterocycles. The van der Waals surface area contributed by atoms with Crippen LogP contribution < -0.4 is 10.6 Å². The monoisotopic (exact) mass is 298 g/mol. The molecule has 0 unspecified atom stereocenters. The molecule has 116 valence electrons. The first-order valence-electron chi connectivity index (χ1n) is 7.45. The zero-order chi connectivity index (χ0) is 15.9. The SMILES string of the molecule is CCC(=O)Nc1ccc(C)c(NCc2ccc(CO)cc2)c1. The van der Waals surface area contributed by atoms with E-state index in [1.54, 1.807) is 0 Å². The summed E-state index contributed by atoms with van der Waals surface area (Å²) in [6, 6.07) is 13.7. The number of carbonyl (C=O) groups is 1. The van der Waals surface area contributed by atoms with Crippen molar-refractivity contribution in [2.75, 3.05) is 10.6 Å². The van der Waals surface area contributed by atoms with Gasteiger partial charge in [-0.1, -0.05) is 37.3 Å². The van der Waals surface area contributed by atoms with Gasteiger partial charge >= 0.3 is 0 Å². The van der Waals surface area contributed by atoms with Crippen LogP contribution in [0.3, 0.4) is 0 Å². The minimum atomic E-state index is 0.00870. The van der Waals surface area contributed by atoms with E-state index in [-0.39, 0.29) is 12.5 Å².